The molecule has 0 rings (SSSR count). The first-order chi connectivity index (χ1) is 12.1. The summed E-state index contributed by atoms with van der Waals surface area (Å²) >= 11 is 0. The minimum absolute atomic E-state index is 0.132. The summed E-state index contributed by atoms with van der Waals surface area (Å²) in [6.45, 7) is 16.6. The average molecular weight is 373 g/mol. The monoisotopic (exact) mass is 372 g/mol. The van der Waals surface area contributed by atoms with Crippen LogP contribution < -0.4 is 0 Å². The molecular formula is C22H44O4. The lowest BCUT2D eigenvalue weighted by Gasteiger charge is -2.26. The number of hydrogen-bond donors (Lipinski definition) is 2. The molecule has 0 aliphatic rings. The lowest BCUT2D eigenvalue weighted by Crippen LogP contribution is -2.30. The Morgan fingerprint density at radius 1 is 0.923 bits per heavy atom. The first-order valence-electron chi connectivity index (χ1n) is 9.63. The molecule has 0 amide bonds. The van der Waals surface area contributed by atoms with Crippen molar-refractivity contribution in [2.75, 3.05) is 7.11 Å². The van der Waals surface area contributed by atoms with Crippen molar-refractivity contribution < 1.29 is 19.7 Å². The third-order valence-electron chi connectivity index (χ3n) is 3.35. The predicted molar refractivity (Wildman–Crippen MR) is 112 cm³/mol. The molecule has 0 aromatic heterocycles. The van der Waals surface area contributed by atoms with Gasteiger partial charge < -0.3 is 19.7 Å². The van der Waals surface area contributed by atoms with Gasteiger partial charge >= 0.3 is 0 Å². The molecule has 0 saturated heterocycles. The molecule has 0 aliphatic carbocycles. The standard InChI is InChI=1S/C16H30O2.C4H10O2.C2H4/c1-5-7-9-10-12-14-15(13-11-8-6-2)18-16(3,4)17;1-4(2,5)6-3;1-2/h15,17H,5,7,9-14H2,1-4H3;5H,1-3H3;1-2H2. The van der Waals surface area contributed by atoms with Crippen LogP contribution in [0, 0.1) is 11.8 Å². The van der Waals surface area contributed by atoms with Crippen LogP contribution in [-0.4, -0.2) is 35.0 Å². The van der Waals surface area contributed by atoms with Gasteiger partial charge in [-0.05, 0) is 47.5 Å². The zero-order valence-corrected chi connectivity index (χ0v) is 18.4. The van der Waals surface area contributed by atoms with Gasteiger partial charge in [0.2, 0.25) is 0 Å². The molecule has 1 unspecified atom stereocenters. The smallest absolute Gasteiger partial charge is 0.160 e. The van der Waals surface area contributed by atoms with Gasteiger partial charge in [-0.3, -0.25) is 0 Å². The van der Waals surface area contributed by atoms with Crippen LogP contribution in [0.15, 0.2) is 13.2 Å². The van der Waals surface area contributed by atoms with Gasteiger partial charge in [0.1, 0.15) is 0 Å². The first kappa shape index (κ1) is 29.9. The molecule has 2 N–H and O–H groups in total. The van der Waals surface area contributed by atoms with Crippen LogP contribution >= 0.6 is 0 Å². The van der Waals surface area contributed by atoms with Crippen LogP contribution in [0.2, 0.25) is 0 Å². The Hall–Kier alpha value is -0.860. The number of hydrogen-bond acceptors (Lipinski definition) is 4. The van der Waals surface area contributed by atoms with Crippen molar-refractivity contribution in [3.05, 3.63) is 13.2 Å². The second kappa shape index (κ2) is 18.9. The molecule has 0 aliphatic heterocycles. The largest absolute Gasteiger partial charge is 0.366 e. The number of methoxy groups -OCH3 is 1. The Kier molecular flexibility index (Phi) is 21.7. The fourth-order valence-corrected chi connectivity index (χ4v) is 2.00. The number of rotatable bonds is 11. The van der Waals surface area contributed by atoms with Crippen LogP contribution in [0.1, 0.15) is 92.9 Å². The predicted octanol–water partition coefficient (Wildman–Crippen LogP) is 5.43. The van der Waals surface area contributed by atoms with Crippen molar-refractivity contribution in [3.63, 3.8) is 0 Å². The molecule has 0 aromatic carbocycles. The fourth-order valence-electron chi connectivity index (χ4n) is 2.00. The maximum absolute atomic E-state index is 9.73. The highest BCUT2D eigenvalue weighted by molar-refractivity contribution is 4.95. The van der Waals surface area contributed by atoms with Crippen molar-refractivity contribution in [1.82, 2.24) is 0 Å². The summed E-state index contributed by atoms with van der Waals surface area (Å²) in [5.41, 5.74) is 0. The van der Waals surface area contributed by atoms with E-state index in [-0.39, 0.29) is 6.10 Å². The second-order valence-corrected chi connectivity index (χ2v) is 7.01. The number of aliphatic hydroxyl groups is 2. The molecule has 0 bridgehead atoms. The van der Waals surface area contributed by atoms with Gasteiger partial charge in [0.15, 0.2) is 11.6 Å². The van der Waals surface area contributed by atoms with E-state index < -0.39 is 11.6 Å². The SMILES string of the molecule is C=C.CC#CCCC(CCCCCCC)OC(C)(C)O.COC(C)(C)O. The third kappa shape index (κ3) is 31.0. The number of ether oxygens (including phenoxy) is 2. The van der Waals surface area contributed by atoms with E-state index in [9.17, 15) is 5.11 Å². The van der Waals surface area contributed by atoms with Gasteiger partial charge in [-0.15, -0.1) is 25.0 Å². The Morgan fingerprint density at radius 3 is 1.81 bits per heavy atom. The van der Waals surface area contributed by atoms with E-state index in [1.807, 2.05) is 6.92 Å². The molecule has 0 aromatic rings. The molecule has 0 fully saturated rings. The van der Waals surface area contributed by atoms with Crippen molar-refractivity contribution in [2.45, 2.75) is 111 Å². The van der Waals surface area contributed by atoms with E-state index in [1.165, 1.54) is 39.2 Å². The average Bonchev–Trinajstić information content (AvgIpc) is 2.55. The summed E-state index contributed by atoms with van der Waals surface area (Å²) in [4.78, 5) is 0. The molecule has 0 heterocycles. The lowest BCUT2D eigenvalue weighted by atomic mass is 10.0. The summed E-state index contributed by atoms with van der Waals surface area (Å²) in [5.74, 6) is 3.97. The summed E-state index contributed by atoms with van der Waals surface area (Å²) < 4.78 is 10.2. The summed E-state index contributed by atoms with van der Waals surface area (Å²) in [6, 6.07) is 0. The van der Waals surface area contributed by atoms with Gasteiger partial charge in [-0.2, -0.15) is 0 Å². The van der Waals surface area contributed by atoms with E-state index in [0.717, 1.165) is 19.3 Å². The molecule has 0 radical (unpaired) electrons. The van der Waals surface area contributed by atoms with Crippen LogP contribution in [0.4, 0.5) is 0 Å². The van der Waals surface area contributed by atoms with E-state index in [1.54, 1.807) is 27.7 Å². The zero-order valence-electron chi connectivity index (χ0n) is 18.4. The fraction of sp³-hybridized carbons (Fsp3) is 0.818. The topological polar surface area (TPSA) is 58.9 Å². The van der Waals surface area contributed by atoms with Crippen molar-refractivity contribution in [2.24, 2.45) is 0 Å². The van der Waals surface area contributed by atoms with Crippen LogP contribution in [0.25, 0.3) is 0 Å². The summed E-state index contributed by atoms with van der Waals surface area (Å²) in [5, 5.41) is 18.3. The minimum Gasteiger partial charge on any atom is -0.366 e. The Bertz CT molecular complexity index is 342. The molecule has 4 nitrogen and oxygen atoms in total. The van der Waals surface area contributed by atoms with E-state index in [0.29, 0.717) is 0 Å². The normalized spacial score (nSPS) is 11.9. The summed E-state index contributed by atoms with van der Waals surface area (Å²) in [6.07, 6.45) is 9.27. The minimum atomic E-state index is -1.03. The van der Waals surface area contributed by atoms with E-state index >= 15 is 0 Å². The van der Waals surface area contributed by atoms with Gasteiger partial charge in [-0.25, -0.2) is 0 Å². The van der Waals surface area contributed by atoms with Crippen LogP contribution in [0.3, 0.4) is 0 Å². The van der Waals surface area contributed by atoms with Crippen molar-refractivity contribution in [1.29, 1.82) is 0 Å². The molecule has 4 heteroatoms. The van der Waals surface area contributed by atoms with E-state index in [4.69, 9.17) is 9.84 Å². The molecule has 156 valence electrons. The Labute approximate surface area is 163 Å². The lowest BCUT2D eigenvalue weighted by molar-refractivity contribution is -0.207. The van der Waals surface area contributed by atoms with E-state index in [2.05, 4.69) is 36.7 Å². The first-order valence-corrected chi connectivity index (χ1v) is 9.63. The van der Waals surface area contributed by atoms with Gasteiger partial charge in [-0.1, -0.05) is 39.0 Å². The Balaban J connectivity index is -0.000000556. The highest BCUT2D eigenvalue weighted by Gasteiger charge is 2.19. The second-order valence-electron chi connectivity index (χ2n) is 7.01. The number of unbranched alkanes of at least 4 members (excludes halogenated alkanes) is 4. The Morgan fingerprint density at radius 2 is 1.42 bits per heavy atom. The van der Waals surface area contributed by atoms with Crippen molar-refractivity contribution >= 4 is 0 Å². The van der Waals surface area contributed by atoms with Crippen molar-refractivity contribution in [3.8, 4) is 11.8 Å². The van der Waals surface area contributed by atoms with Crippen LogP contribution in [0.5, 0.6) is 0 Å². The highest BCUT2D eigenvalue weighted by Crippen LogP contribution is 2.18. The molecular weight excluding hydrogens is 328 g/mol. The maximum atomic E-state index is 9.73. The summed E-state index contributed by atoms with van der Waals surface area (Å²) in [7, 11) is 1.46. The quantitative estimate of drug-likeness (QED) is 0.220. The zero-order chi connectivity index (χ0) is 21.1. The van der Waals surface area contributed by atoms with Crippen LogP contribution in [-0.2, 0) is 9.47 Å². The highest BCUT2D eigenvalue weighted by atomic mass is 16.6. The van der Waals surface area contributed by atoms with Gasteiger partial charge in [0.25, 0.3) is 0 Å². The molecule has 0 spiro atoms. The molecule has 1 atom stereocenters. The maximum Gasteiger partial charge on any atom is 0.160 e. The van der Waals surface area contributed by atoms with Gasteiger partial charge in [0, 0.05) is 13.5 Å². The molecule has 0 saturated carbocycles. The van der Waals surface area contributed by atoms with Gasteiger partial charge in [0.05, 0.1) is 6.10 Å². The molecule has 26 heavy (non-hydrogen) atoms. The third-order valence-corrected chi connectivity index (χ3v) is 3.35.